The van der Waals surface area contributed by atoms with Crippen LogP contribution in [-0.4, -0.2) is 44.3 Å². The molecule has 3 aromatic rings. The molecule has 1 fully saturated rings. The smallest absolute Gasteiger partial charge is 0.272 e. The van der Waals surface area contributed by atoms with E-state index in [1.807, 2.05) is 0 Å². The number of aromatic nitrogens is 4. The summed E-state index contributed by atoms with van der Waals surface area (Å²) in [4.78, 5) is 30.8. The van der Waals surface area contributed by atoms with E-state index in [-0.39, 0.29) is 30.0 Å². The van der Waals surface area contributed by atoms with Crippen LogP contribution >= 0.6 is 0 Å². The lowest BCUT2D eigenvalue weighted by Gasteiger charge is -2.16. The minimum absolute atomic E-state index is 0.201. The number of hydrogen-bond donors (Lipinski definition) is 2. The van der Waals surface area contributed by atoms with Gasteiger partial charge in [-0.05, 0) is 44.1 Å². The van der Waals surface area contributed by atoms with Gasteiger partial charge in [-0.2, -0.15) is 0 Å². The molecular weight excluding hydrogens is 335 g/mol. The Hall–Kier alpha value is -2.87. The highest BCUT2D eigenvalue weighted by atomic mass is 19.1. The van der Waals surface area contributed by atoms with E-state index in [2.05, 4.69) is 37.2 Å². The molecule has 1 amide bonds. The number of imidazole rings is 1. The number of nitrogens with zero attached hydrogens (tertiary/aromatic N) is 4. The van der Waals surface area contributed by atoms with Crippen molar-refractivity contribution in [2.75, 3.05) is 13.6 Å². The van der Waals surface area contributed by atoms with Crippen molar-refractivity contribution in [3.63, 3.8) is 0 Å². The second kappa shape index (κ2) is 6.80. The predicted molar refractivity (Wildman–Crippen MR) is 93.9 cm³/mol. The summed E-state index contributed by atoms with van der Waals surface area (Å²) < 4.78 is 13.3. The lowest BCUT2D eigenvalue weighted by Crippen LogP contribution is -2.24. The average Bonchev–Trinajstić information content (AvgIpc) is 3.25. The molecule has 134 valence electrons. The standard InChI is InChI=1S/C18H19FN6O/c1-25-7-3-6-13(25)16-23-14-15(21-10-22-17(14)24-16)18(26)20-9-11-4-2-5-12(19)8-11/h2,4-5,8,10,13H,3,6-7,9H2,1H3,(H,20,26)(H,21,22,23,24)/t13-/m1/s1. The molecule has 0 aliphatic carbocycles. The molecule has 2 aromatic heterocycles. The van der Waals surface area contributed by atoms with E-state index in [0.29, 0.717) is 16.7 Å². The maximum absolute atomic E-state index is 13.3. The van der Waals surface area contributed by atoms with Crippen LogP contribution in [0.1, 0.15) is 40.8 Å². The Kier molecular flexibility index (Phi) is 4.34. The predicted octanol–water partition coefficient (Wildman–Crippen LogP) is 2.19. The summed E-state index contributed by atoms with van der Waals surface area (Å²) in [6.07, 6.45) is 3.47. The number of amides is 1. The third-order valence-corrected chi connectivity index (χ3v) is 4.70. The fourth-order valence-corrected chi connectivity index (χ4v) is 3.34. The Morgan fingerprint density at radius 1 is 1.42 bits per heavy atom. The molecule has 0 spiro atoms. The minimum atomic E-state index is -0.350. The summed E-state index contributed by atoms with van der Waals surface area (Å²) in [5.74, 6) is 0.122. The Bertz CT molecular complexity index is 956. The molecule has 1 aliphatic rings. The molecule has 1 aliphatic heterocycles. The zero-order valence-corrected chi connectivity index (χ0v) is 14.4. The van der Waals surface area contributed by atoms with Crippen molar-refractivity contribution in [3.05, 3.63) is 53.5 Å². The molecule has 2 N–H and O–H groups in total. The van der Waals surface area contributed by atoms with Gasteiger partial charge in [0.15, 0.2) is 11.3 Å². The van der Waals surface area contributed by atoms with Crippen LogP contribution in [0.4, 0.5) is 4.39 Å². The van der Waals surface area contributed by atoms with Crippen molar-refractivity contribution < 1.29 is 9.18 Å². The van der Waals surface area contributed by atoms with Gasteiger partial charge in [0.2, 0.25) is 0 Å². The minimum Gasteiger partial charge on any atom is -0.347 e. The molecule has 26 heavy (non-hydrogen) atoms. The zero-order chi connectivity index (χ0) is 18.1. The van der Waals surface area contributed by atoms with Crippen molar-refractivity contribution in [2.45, 2.75) is 25.4 Å². The van der Waals surface area contributed by atoms with E-state index in [4.69, 9.17) is 0 Å². The summed E-state index contributed by atoms with van der Waals surface area (Å²) in [7, 11) is 2.06. The first kappa shape index (κ1) is 16.6. The Labute approximate surface area is 149 Å². The summed E-state index contributed by atoms with van der Waals surface area (Å²) in [6.45, 7) is 1.24. The van der Waals surface area contributed by atoms with Gasteiger partial charge in [0.05, 0.1) is 6.04 Å². The van der Waals surface area contributed by atoms with Crippen molar-refractivity contribution in [1.29, 1.82) is 0 Å². The third kappa shape index (κ3) is 3.15. The van der Waals surface area contributed by atoms with Crippen LogP contribution in [0.25, 0.3) is 11.2 Å². The van der Waals surface area contributed by atoms with E-state index < -0.39 is 0 Å². The van der Waals surface area contributed by atoms with Crippen molar-refractivity contribution in [2.24, 2.45) is 0 Å². The topological polar surface area (TPSA) is 86.8 Å². The number of H-pyrrole nitrogens is 1. The van der Waals surface area contributed by atoms with E-state index in [9.17, 15) is 9.18 Å². The third-order valence-electron chi connectivity index (χ3n) is 4.70. The van der Waals surface area contributed by atoms with E-state index in [1.165, 1.54) is 18.5 Å². The van der Waals surface area contributed by atoms with Gasteiger partial charge >= 0.3 is 0 Å². The van der Waals surface area contributed by atoms with E-state index in [1.54, 1.807) is 12.1 Å². The van der Waals surface area contributed by atoms with Crippen LogP contribution in [0.2, 0.25) is 0 Å². The van der Waals surface area contributed by atoms with Crippen LogP contribution < -0.4 is 5.32 Å². The number of nitrogens with one attached hydrogen (secondary N) is 2. The molecule has 0 bridgehead atoms. The van der Waals surface area contributed by atoms with Gasteiger partial charge in [-0.1, -0.05) is 12.1 Å². The van der Waals surface area contributed by atoms with Crippen LogP contribution in [0.5, 0.6) is 0 Å². The molecule has 8 heteroatoms. The maximum atomic E-state index is 13.3. The van der Waals surface area contributed by atoms with Gasteiger partial charge in [-0.3, -0.25) is 9.69 Å². The number of rotatable bonds is 4. The van der Waals surface area contributed by atoms with Crippen molar-refractivity contribution >= 4 is 17.1 Å². The molecule has 1 atom stereocenters. The van der Waals surface area contributed by atoms with Crippen LogP contribution in [0, 0.1) is 5.82 Å². The maximum Gasteiger partial charge on any atom is 0.272 e. The number of aromatic amines is 1. The molecule has 7 nitrogen and oxygen atoms in total. The molecule has 0 unspecified atom stereocenters. The Morgan fingerprint density at radius 3 is 3.08 bits per heavy atom. The van der Waals surface area contributed by atoms with E-state index >= 15 is 0 Å². The molecule has 0 saturated carbocycles. The first-order valence-electron chi connectivity index (χ1n) is 8.55. The highest BCUT2D eigenvalue weighted by Crippen LogP contribution is 2.29. The normalized spacial score (nSPS) is 17.7. The van der Waals surface area contributed by atoms with Gasteiger partial charge < -0.3 is 10.3 Å². The largest absolute Gasteiger partial charge is 0.347 e. The summed E-state index contributed by atoms with van der Waals surface area (Å²) >= 11 is 0. The molecule has 1 saturated heterocycles. The summed E-state index contributed by atoms with van der Waals surface area (Å²) in [6, 6.07) is 6.32. The monoisotopic (exact) mass is 354 g/mol. The second-order valence-corrected chi connectivity index (χ2v) is 6.49. The number of benzene rings is 1. The highest BCUT2D eigenvalue weighted by Gasteiger charge is 2.26. The average molecular weight is 354 g/mol. The van der Waals surface area contributed by atoms with Crippen LogP contribution in [0.3, 0.4) is 0 Å². The Balaban J connectivity index is 1.57. The number of halogens is 1. The first-order chi connectivity index (χ1) is 12.6. The van der Waals surface area contributed by atoms with Gasteiger partial charge in [-0.25, -0.2) is 19.3 Å². The number of hydrogen-bond acceptors (Lipinski definition) is 5. The fraction of sp³-hybridized carbons (Fsp3) is 0.333. The molecule has 0 radical (unpaired) electrons. The van der Waals surface area contributed by atoms with E-state index in [0.717, 1.165) is 25.2 Å². The Morgan fingerprint density at radius 2 is 2.31 bits per heavy atom. The number of carbonyl (C=O) groups is 1. The summed E-state index contributed by atoms with van der Waals surface area (Å²) in [5.41, 5.74) is 1.93. The van der Waals surface area contributed by atoms with Crippen molar-refractivity contribution in [1.82, 2.24) is 30.2 Å². The SMILES string of the molecule is CN1CCC[C@@H]1c1nc2ncnc(C(=O)NCc3cccc(F)c3)c2[nH]1. The van der Waals surface area contributed by atoms with Crippen LogP contribution in [0.15, 0.2) is 30.6 Å². The van der Waals surface area contributed by atoms with Gasteiger partial charge in [-0.15, -0.1) is 0 Å². The van der Waals surface area contributed by atoms with Gasteiger partial charge in [0.1, 0.15) is 23.5 Å². The zero-order valence-electron chi connectivity index (χ0n) is 14.4. The first-order valence-corrected chi connectivity index (χ1v) is 8.55. The molecule has 3 heterocycles. The quantitative estimate of drug-likeness (QED) is 0.750. The molecular formula is C18H19FN6O. The van der Waals surface area contributed by atoms with Crippen LogP contribution in [-0.2, 0) is 6.54 Å². The second-order valence-electron chi connectivity index (χ2n) is 6.49. The fourth-order valence-electron chi connectivity index (χ4n) is 3.34. The number of likely N-dealkylation sites (tertiary alicyclic amines) is 1. The number of carbonyl (C=O) groups excluding carboxylic acids is 1. The summed E-state index contributed by atoms with van der Waals surface area (Å²) in [5, 5.41) is 2.77. The highest BCUT2D eigenvalue weighted by molar-refractivity contribution is 6.02. The molecule has 1 aromatic carbocycles. The molecule has 4 rings (SSSR count). The van der Waals surface area contributed by atoms with Gasteiger partial charge in [0, 0.05) is 6.54 Å². The number of fused-ring (bicyclic) bond motifs is 1. The van der Waals surface area contributed by atoms with Gasteiger partial charge in [0.25, 0.3) is 5.91 Å². The van der Waals surface area contributed by atoms with Crippen molar-refractivity contribution in [3.8, 4) is 0 Å². The lowest BCUT2D eigenvalue weighted by atomic mass is 10.2. The lowest BCUT2D eigenvalue weighted by molar-refractivity contribution is 0.0947.